The summed E-state index contributed by atoms with van der Waals surface area (Å²) in [6, 6.07) is 9.63. The van der Waals surface area contributed by atoms with E-state index in [1.807, 2.05) is 54.6 Å². The van der Waals surface area contributed by atoms with Gasteiger partial charge in [-0.25, -0.2) is 0 Å². The maximum Gasteiger partial charge on any atom is 0.177 e. The van der Waals surface area contributed by atoms with Gasteiger partial charge in [-0.2, -0.15) is 0 Å². The molecule has 2 rings (SSSR count). The van der Waals surface area contributed by atoms with Gasteiger partial charge >= 0.3 is 0 Å². The zero-order chi connectivity index (χ0) is 14.4. The minimum absolute atomic E-state index is 0.383. The van der Waals surface area contributed by atoms with Crippen molar-refractivity contribution in [2.24, 2.45) is 0 Å². The predicted molar refractivity (Wildman–Crippen MR) is 93.0 cm³/mol. The summed E-state index contributed by atoms with van der Waals surface area (Å²) in [7, 11) is 0. The normalized spacial score (nSPS) is 20.2. The van der Waals surface area contributed by atoms with Crippen LogP contribution in [0.4, 0.5) is 5.69 Å². The molecular formula is C14H14ClN3S2. The molecule has 1 aliphatic carbocycles. The Bertz CT molecular complexity index is 557. The first-order chi connectivity index (χ1) is 9.57. The minimum atomic E-state index is -0.693. The fourth-order valence-corrected chi connectivity index (χ4v) is 2.57. The number of para-hydroxylation sites is 1. The molecule has 0 aromatic heterocycles. The third kappa shape index (κ3) is 4.59. The Balaban J connectivity index is 1.84. The highest BCUT2D eigenvalue weighted by molar-refractivity contribution is 7.82. The number of rotatable bonds is 2. The van der Waals surface area contributed by atoms with Crippen molar-refractivity contribution in [3.63, 3.8) is 0 Å². The minimum Gasteiger partial charge on any atom is -0.340 e. The second-order valence-electron chi connectivity index (χ2n) is 4.25. The number of hydrogen-bond acceptors (Lipinski definition) is 2. The van der Waals surface area contributed by atoms with Gasteiger partial charge in [0.05, 0.1) is 0 Å². The number of benzene rings is 1. The van der Waals surface area contributed by atoms with Crippen LogP contribution in [0.5, 0.6) is 0 Å². The first-order valence-electron chi connectivity index (χ1n) is 6.06. The van der Waals surface area contributed by atoms with Crippen molar-refractivity contribution in [2.75, 3.05) is 5.32 Å². The lowest BCUT2D eigenvalue weighted by Crippen LogP contribution is -2.50. The average molecular weight is 324 g/mol. The molecule has 0 fully saturated rings. The number of nitrogens with one attached hydrogen (secondary N) is 3. The Kier molecular flexibility index (Phi) is 5.11. The van der Waals surface area contributed by atoms with Gasteiger partial charge in [0, 0.05) is 12.1 Å². The second kappa shape index (κ2) is 6.83. The summed E-state index contributed by atoms with van der Waals surface area (Å²) in [6.07, 6.45) is 8.32. The van der Waals surface area contributed by atoms with Gasteiger partial charge in [0.15, 0.2) is 10.2 Å². The van der Waals surface area contributed by atoms with Gasteiger partial charge in [-0.15, -0.1) is 0 Å². The van der Waals surface area contributed by atoms with Crippen LogP contribution < -0.4 is 16.0 Å². The van der Waals surface area contributed by atoms with Crippen molar-refractivity contribution in [1.29, 1.82) is 0 Å². The summed E-state index contributed by atoms with van der Waals surface area (Å²) < 4.78 is 0. The van der Waals surface area contributed by atoms with Crippen molar-refractivity contribution < 1.29 is 0 Å². The Labute approximate surface area is 134 Å². The molecule has 0 radical (unpaired) electrons. The van der Waals surface area contributed by atoms with Crippen LogP contribution >= 0.6 is 36.0 Å². The highest BCUT2D eigenvalue weighted by atomic mass is 35.5. The molecule has 20 heavy (non-hydrogen) atoms. The standard InChI is InChI=1S/C14H14ClN3S2/c15-14(9-5-2-6-10-14)18-13(20)17-12(19)16-11-7-3-1-4-8-11/h1-9H,10H2,(H3,16,17,18,19,20). The summed E-state index contributed by atoms with van der Waals surface area (Å²) >= 11 is 16.8. The second-order valence-corrected chi connectivity index (χ2v) is 5.74. The Morgan fingerprint density at radius 3 is 2.50 bits per heavy atom. The largest absolute Gasteiger partial charge is 0.340 e. The van der Waals surface area contributed by atoms with E-state index in [0.29, 0.717) is 16.6 Å². The molecule has 0 saturated carbocycles. The van der Waals surface area contributed by atoms with E-state index in [9.17, 15) is 0 Å². The SMILES string of the molecule is S=C(NC(=S)NC1(Cl)C=CC=CC1)Nc1ccccc1. The molecule has 6 heteroatoms. The lowest BCUT2D eigenvalue weighted by Gasteiger charge is -2.27. The number of hydrogen-bond donors (Lipinski definition) is 3. The van der Waals surface area contributed by atoms with Crippen LogP contribution in [-0.4, -0.2) is 15.2 Å². The van der Waals surface area contributed by atoms with Crippen LogP contribution in [0.15, 0.2) is 54.6 Å². The van der Waals surface area contributed by atoms with Crippen LogP contribution in [0.1, 0.15) is 6.42 Å². The highest BCUT2D eigenvalue weighted by Crippen LogP contribution is 2.21. The quantitative estimate of drug-likeness (QED) is 0.442. The van der Waals surface area contributed by atoms with E-state index in [-0.39, 0.29) is 0 Å². The maximum absolute atomic E-state index is 6.37. The number of allylic oxidation sites excluding steroid dienone is 2. The first-order valence-corrected chi connectivity index (χ1v) is 7.25. The molecule has 3 nitrogen and oxygen atoms in total. The molecule has 0 amide bonds. The molecule has 0 heterocycles. The first kappa shape index (κ1) is 15.0. The lowest BCUT2D eigenvalue weighted by molar-refractivity contribution is 0.657. The molecule has 1 atom stereocenters. The Hall–Kier alpha value is -1.43. The maximum atomic E-state index is 6.37. The molecule has 1 aromatic carbocycles. The van der Waals surface area contributed by atoms with Gasteiger partial charge in [0.1, 0.15) is 5.00 Å². The average Bonchev–Trinajstić information content (AvgIpc) is 2.39. The molecule has 1 aliphatic rings. The van der Waals surface area contributed by atoms with Crippen LogP contribution in [0, 0.1) is 0 Å². The molecule has 0 spiro atoms. The fourth-order valence-electron chi connectivity index (χ4n) is 1.69. The molecule has 3 N–H and O–H groups in total. The topological polar surface area (TPSA) is 36.1 Å². The van der Waals surface area contributed by atoms with Crippen LogP contribution in [0.3, 0.4) is 0 Å². The third-order valence-corrected chi connectivity index (χ3v) is 3.39. The summed E-state index contributed by atoms with van der Waals surface area (Å²) in [5.74, 6) is 0. The van der Waals surface area contributed by atoms with E-state index in [2.05, 4.69) is 16.0 Å². The summed E-state index contributed by atoms with van der Waals surface area (Å²) in [4.78, 5) is -0.693. The predicted octanol–water partition coefficient (Wildman–Crippen LogP) is 3.30. The summed E-state index contributed by atoms with van der Waals surface area (Å²) in [5.41, 5.74) is 0.897. The monoisotopic (exact) mass is 323 g/mol. The van der Waals surface area contributed by atoms with Crippen LogP contribution in [-0.2, 0) is 0 Å². The molecule has 0 bridgehead atoms. The van der Waals surface area contributed by atoms with Crippen LogP contribution in [0.25, 0.3) is 0 Å². The van der Waals surface area contributed by atoms with E-state index in [1.165, 1.54) is 0 Å². The van der Waals surface area contributed by atoms with Crippen LogP contribution in [0.2, 0.25) is 0 Å². The highest BCUT2D eigenvalue weighted by Gasteiger charge is 2.24. The van der Waals surface area contributed by atoms with E-state index >= 15 is 0 Å². The zero-order valence-electron chi connectivity index (χ0n) is 10.6. The van der Waals surface area contributed by atoms with Crippen molar-refractivity contribution in [3.8, 4) is 0 Å². The van der Waals surface area contributed by atoms with E-state index < -0.39 is 5.00 Å². The third-order valence-electron chi connectivity index (χ3n) is 2.60. The molecular weight excluding hydrogens is 310 g/mol. The van der Waals surface area contributed by atoms with Crippen molar-refractivity contribution in [2.45, 2.75) is 11.4 Å². The summed E-state index contributed by atoms with van der Waals surface area (Å²) in [5, 5.41) is 9.77. The Morgan fingerprint density at radius 1 is 1.10 bits per heavy atom. The molecule has 1 unspecified atom stereocenters. The molecule has 0 aliphatic heterocycles. The Morgan fingerprint density at radius 2 is 1.85 bits per heavy atom. The number of halogens is 1. The van der Waals surface area contributed by atoms with Gasteiger partial charge in [-0.1, -0.05) is 48.0 Å². The van der Waals surface area contributed by atoms with E-state index in [0.717, 1.165) is 5.69 Å². The van der Waals surface area contributed by atoms with Gasteiger partial charge in [-0.05, 0) is 42.6 Å². The summed E-state index contributed by atoms with van der Waals surface area (Å²) in [6.45, 7) is 0. The van der Waals surface area contributed by atoms with Crippen molar-refractivity contribution in [1.82, 2.24) is 10.6 Å². The zero-order valence-corrected chi connectivity index (χ0v) is 13.0. The van der Waals surface area contributed by atoms with E-state index in [4.69, 9.17) is 36.0 Å². The molecule has 0 saturated heterocycles. The number of alkyl halides is 1. The molecule has 1 aromatic rings. The van der Waals surface area contributed by atoms with Crippen molar-refractivity contribution >= 4 is 51.9 Å². The van der Waals surface area contributed by atoms with Gasteiger partial charge in [0.2, 0.25) is 0 Å². The van der Waals surface area contributed by atoms with E-state index in [1.54, 1.807) is 0 Å². The fraction of sp³-hybridized carbons (Fsp3) is 0.143. The van der Waals surface area contributed by atoms with Gasteiger partial charge in [-0.3, -0.25) is 0 Å². The van der Waals surface area contributed by atoms with Gasteiger partial charge in [0.25, 0.3) is 0 Å². The number of thiocarbonyl (C=S) groups is 2. The van der Waals surface area contributed by atoms with Crippen molar-refractivity contribution in [3.05, 3.63) is 54.6 Å². The number of anilines is 1. The lowest BCUT2D eigenvalue weighted by atomic mass is 10.1. The smallest absolute Gasteiger partial charge is 0.177 e. The molecule has 104 valence electrons. The van der Waals surface area contributed by atoms with Gasteiger partial charge < -0.3 is 16.0 Å².